The van der Waals surface area contributed by atoms with Gasteiger partial charge >= 0.3 is 5.97 Å². The third-order valence-corrected chi connectivity index (χ3v) is 5.42. The molecule has 0 bridgehead atoms. The van der Waals surface area contributed by atoms with Crippen LogP contribution in [0.25, 0.3) is 0 Å². The maximum atomic E-state index is 13.1. The summed E-state index contributed by atoms with van der Waals surface area (Å²) in [6.07, 6.45) is -0.290. The van der Waals surface area contributed by atoms with Gasteiger partial charge in [-0.25, -0.2) is 4.79 Å². The molecular weight excluding hydrogens is 490 g/mol. The molecular formula is C21H39N9O7. The summed E-state index contributed by atoms with van der Waals surface area (Å²) < 4.78 is 0. The van der Waals surface area contributed by atoms with Gasteiger partial charge in [-0.1, -0.05) is 20.3 Å². The summed E-state index contributed by atoms with van der Waals surface area (Å²) in [5, 5.41) is 16.7. The first-order chi connectivity index (χ1) is 17.2. The van der Waals surface area contributed by atoms with Gasteiger partial charge in [0.25, 0.3) is 0 Å². The fraction of sp³-hybridized carbons (Fsp3) is 0.667. The van der Waals surface area contributed by atoms with Crippen molar-refractivity contribution >= 4 is 41.5 Å². The number of nitrogens with zero attached hydrogens (tertiary/aromatic N) is 1. The zero-order valence-corrected chi connectivity index (χ0v) is 21.1. The van der Waals surface area contributed by atoms with E-state index in [4.69, 9.17) is 28.7 Å². The van der Waals surface area contributed by atoms with Crippen molar-refractivity contribution in [2.45, 2.75) is 76.5 Å². The molecule has 16 nitrogen and oxygen atoms in total. The van der Waals surface area contributed by atoms with Gasteiger partial charge in [0.05, 0.1) is 12.5 Å². The van der Waals surface area contributed by atoms with Gasteiger partial charge in [0.2, 0.25) is 29.5 Å². The van der Waals surface area contributed by atoms with Crippen LogP contribution >= 0.6 is 0 Å². The van der Waals surface area contributed by atoms with E-state index in [0.717, 1.165) is 0 Å². The van der Waals surface area contributed by atoms with E-state index in [0.29, 0.717) is 6.42 Å². The van der Waals surface area contributed by atoms with Gasteiger partial charge in [-0.05, 0) is 25.2 Å². The lowest BCUT2D eigenvalue weighted by Gasteiger charge is -2.27. The van der Waals surface area contributed by atoms with Crippen molar-refractivity contribution in [1.29, 1.82) is 0 Å². The van der Waals surface area contributed by atoms with Crippen LogP contribution in [-0.4, -0.2) is 77.3 Å². The number of carboxylic acid groups (broad SMARTS) is 1. The summed E-state index contributed by atoms with van der Waals surface area (Å²) in [5.41, 5.74) is 26.3. The minimum atomic E-state index is -1.35. The zero-order valence-electron chi connectivity index (χ0n) is 21.1. The molecule has 5 unspecified atom stereocenters. The van der Waals surface area contributed by atoms with Crippen LogP contribution in [0.3, 0.4) is 0 Å². The topological polar surface area (TPSA) is 301 Å². The molecule has 14 N–H and O–H groups in total. The molecule has 0 aromatic carbocycles. The Labute approximate surface area is 214 Å². The first kappa shape index (κ1) is 33.0. The Morgan fingerprint density at radius 2 is 1.43 bits per heavy atom. The second-order valence-corrected chi connectivity index (χ2v) is 8.56. The second kappa shape index (κ2) is 16.7. The molecule has 0 saturated heterocycles. The van der Waals surface area contributed by atoms with Gasteiger partial charge in [-0.3, -0.25) is 29.0 Å². The Hall–Kier alpha value is -3.95. The number of hydrogen-bond acceptors (Lipinski definition) is 8. The van der Waals surface area contributed by atoms with Crippen molar-refractivity contribution in [2.24, 2.45) is 39.6 Å². The summed E-state index contributed by atoms with van der Waals surface area (Å²) in [5.74, 6) is -5.92. The highest BCUT2D eigenvalue weighted by Gasteiger charge is 2.32. The fourth-order valence-corrected chi connectivity index (χ4v) is 3.12. The zero-order chi connectivity index (χ0) is 28.7. The highest BCUT2D eigenvalue weighted by molar-refractivity contribution is 5.95. The quantitative estimate of drug-likeness (QED) is 0.0472. The van der Waals surface area contributed by atoms with Gasteiger partial charge in [0, 0.05) is 13.0 Å². The van der Waals surface area contributed by atoms with Crippen molar-refractivity contribution in [2.75, 3.05) is 6.54 Å². The van der Waals surface area contributed by atoms with E-state index >= 15 is 0 Å². The third-order valence-electron chi connectivity index (χ3n) is 5.42. The van der Waals surface area contributed by atoms with E-state index in [1.54, 1.807) is 13.8 Å². The number of nitrogens with two attached hydrogens (primary N) is 5. The number of primary amides is 2. The van der Waals surface area contributed by atoms with Crippen LogP contribution in [0, 0.1) is 5.92 Å². The van der Waals surface area contributed by atoms with Gasteiger partial charge in [-0.15, -0.1) is 0 Å². The number of guanidine groups is 1. The van der Waals surface area contributed by atoms with E-state index < -0.39 is 72.0 Å². The lowest BCUT2D eigenvalue weighted by Crippen LogP contribution is -2.58. The molecule has 0 saturated carbocycles. The van der Waals surface area contributed by atoms with Crippen LogP contribution in [0.5, 0.6) is 0 Å². The molecule has 37 heavy (non-hydrogen) atoms. The second-order valence-electron chi connectivity index (χ2n) is 8.56. The fourth-order valence-electron chi connectivity index (χ4n) is 3.12. The normalized spacial score (nSPS) is 14.7. The Kier molecular flexibility index (Phi) is 14.9. The number of rotatable bonds is 18. The standard InChI is InChI=1S/C21H39N9O7/c1-3-10(2)16(30-17(33)11(22)9-15(24)32)19(35)28-12(6-7-14(23)31)18(34)29-13(20(36)37)5-4-8-27-21(25)26/h10-13,16H,3-9,22H2,1-2H3,(H2,23,31)(H2,24,32)(H,28,35)(H,29,34)(H,30,33)(H,36,37)(H4,25,26,27). The summed E-state index contributed by atoms with van der Waals surface area (Å²) in [4.78, 5) is 76.1. The van der Waals surface area contributed by atoms with Crippen LogP contribution in [0.1, 0.15) is 52.4 Å². The Bertz CT molecular complexity index is 861. The average Bonchev–Trinajstić information content (AvgIpc) is 2.79. The Morgan fingerprint density at radius 1 is 0.838 bits per heavy atom. The number of carbonyl (C=O) groups excluding carboxylic acids is 5. The van der Waals surface area contributed by atoms with Crippen molar-refractivity contribution < 1.29 is 33.9 Å². The van der Waals surface area contributed by atoms with Crippen molar-refractivity contribution in [3.05, 3.63) is 0 Å². The predicted octanol–water partition coefficient (Wildman–Crippen LogP) is -3.91. The van der Waals surface area contributed by atoms with Gasteiger partial charge < -0.3 is 49.7 Å². The molecule has 0 heterocycles. The molecule has 0 rings (SSSR count). The molecule has 0 radical (unpaired) electrons. The maximum absolute atomic E-state index is 13.1. The van der Waals surface area contributed by atoms with Gasteiger partial charge in [0.15, 0.2) is 5.96 Å². The average molecular weight is 530 g/mol. The number of hydrogen-bond donors (Lipinski definition) is 9. The monoisotopic (exact) mass is 529 g/mol. The van der Waals surface area contributed by atoms with Gasteiger partial charge in [-0.2, -0.15) is 0 Å². The molecule has 0 aliphatic carbocycles. The van der Waals surface area contributed by atoms with E-state index in [-0.39, 0.29) is 38.2 Å². The smallest absolute Gasteiger partial charge is 0.326 e. The Balaban J connectivity index is 5.61. The van der Waals surface area contributed by atoms with Gasteiger partial charge in [0.1, 0.15) is 18.1 Å². The number of aliphatic imine (C=N–C) groups is 1. The van der Waals surface area contributed by atoms with Crippen LogP contribution < -0.4 is 44.6 Å². The van der Waals surface area contributed by atoms with E-state index in [1.165, 1.54) is 0 Å². The Morgan fingerprint density at radius 3 is 1.92 bits per heavy atom. The van der Waals surface area contributed by atoms with Crippen LogP contribution in [0.4, 0.5) is 0 Å². The number of carboxylic acids is 1. The third kappa shape index (κ3) is 13.6. The number of carbonyl (C=O) groups is 6. The highest BCUT2D eigenvalue weighted by Crippen LogP contribution is 2.10. The maximum Gasteiger partial charge on any atom is 0.326 e. The molecule has 0 aromatic rings. The van der Waals surface area contributed by atoms with Crippen LogP contribution in [-0.2, 0) is 28.8 Å². The minimum Gasteiger partial charge on any atom is -0.480 e. The summed E-state index contributed by atoms with van der Waals surface area (Å²) in [6, 6.07) is -5.12. The van der Waals surface area contributed by atoms with E-state index in [2.05, 4.69) is 20.9 Å². The SMILES string of the molecule is CCC(C)C(NC(=O)C(N)CC(N)=O)C(=O)NC(CCC(N)=O)C(=O)NC(CCCN=C(N)N)C(=O)O. The first-order valence-electron chi connectivity index (χ1n) is 11.7. The van der Waals surface area contributed by atoms with Crippen molar-refractivity contribution in [3.8, 4) is 0 Å². The molecule has 0 aliphatic heterocycles. The molecule has 210 valence electrons. The number of aliphatic carboxylic acids is 1. The van der Waals surface area contributed by atoms with E-state index in [1.807, 2.05) is 0 Å². The largest absolute Gasteiger partial charge is 0.480 e. The van der Waals surface area contributed by atoms with Crippen LogP contribution in [0.15, 0.2) is 4.99 Å². The molecule has 16 heteroatoms. The molecule has 0 aromatic heterocycles. The molecule has 0 aliphatic rings. The highest BCUT2D eigenvalue weighted by atomic mass is 16.4. The lowest BCUT2D eigenvalue weighted by atomic mass is 9.97. The summed E-state index contributed by atoms with van der Waals surface area (Å²) in [7, 11) is 0. The molecule has 5 atom stereocenters. The first-order valence-corrected chi connectivity index (χ1v) is 11.7. The summed E-state index contributed by atoms with van der Waals surface area (Å²) >= 11 is 0. The summed E-state index contributed by atoms with van der Waals surface area (Å²) in [6.45, 7) is 3.56. The van der Waals surface area contributed by atoms with E-state index in [9.17, 15) is 33.9 Å². The predicted molar refractivity (Wildman–Crippen MR) is 133 cm³/mol. The van der Waals surface area contributed by atoms with Crippen LogP contribution in [0.2, 0.25) is 0 Å². The molecule has 5 amide bonds. The number of amides is 5. The minimum absolute atomic E-state index is 0.0162. The lowest BCUT2D eigenvalue weighted by molar-refractivity contribution is -0.142. The molecule has 0 spiro atoms. The van der Waals surface area contributed by atoms with Crippen molar-refractivity contribution in [1.82, 2.24) is 16.0 Å². The molecule has 0 fully saturated rings. The van der Waals surface area contributed by atoms with Crippen molar-refractivity contribution in [3.63, 3.8) is 0 Å². The number of nitrogens with one attached hydrogen (secondary N) is 3.